The molecule has 0 fully saturated rings. The van der Waals surface area contributed by atoms with Crippen molar-refractivity contribution in [2.75, 3.05) is 0 Å². The Hall–Kier alpha value is -2.89. The van der Waals surface area contributed by atoms with Gasteiger partial charge in [-0.1, -0.05) is 0 Å². The molecule has 0 amide bonds. The van der Waals surface area contributed by atoms with Crippen LogP contribution in [0.15, 0.2) is 53.6 Å². The predicted octanol–water partition coefficient (Wildman–Crippen LogP) is 2.41. The Morgan fingerprint density at radius 3 is 2.90 bits per heavy atom. The summed E-state index contributed by atoms with van der Waals surface area (Å²) < 4.78 is 9.35. The number of rotatable bonds is 2. The van der Waals surface area contributed by atoms with Gasteiger partial charge in [-0.3, -0.25) is 9.67 Å². The SMILES string of the molecule is Cn1cc(-c2ccnc3cc(-n4cccn4)oc23)cn1. The van der Waals surface area contributed by atoms with Crippen LogP contribution in [0.2, 0.25) is 0 Å². The van der Waals surface area contributed by atoms with Crippen LogP contribution in [-0.4, -0.2) is 24.5 Å². The Kier molecular flexibility index (Phi) is 2.23. The molecule has 0 atom stereocenters. The van der Waals surface area contributed by atoms with Crippen LogP contribution >= 0.6 is 0 Å². The van der Waals surface area contributed by atoms with E-state index in [9.17, 15) is 0 Å². The zero-order valence-corrected chi connectivity index (χ0v) is 10.8. The molecule has 4 heterocycles. The fraction of sp³-hybridized carbons (Fsp3) is 0.0714. The first-order valence-electron chi connectivity index (χ1n) is 6.19. The monoisotopic (exact) mass is 265 g/mol. The molecule has 0 saturated heterocycles. The Morgan fingerprint density at radius 1 is 1.20 bits per heavy atom. The molecule has 0 radical (unpaired) electrons. The fourth-order valence-electron chi connectivity index (χ4n) is 2.23. The maximum atomic E-state index is 5.91. The van der Waals surface area contributed by atoms with E-state index in [4.69, 9.17) is 4.42 Å². The van der Waals surface area contributed by atoms with Crippen LogP contribution in [0.25, 0.3) is 28.1 Å². The van der Waals surface area contributed by atoms with Crippen LogP contribution in [0, 0.1) is 0 Å². The van der Waals surface area contributed by atoms with Crippen molar-refractivity contribution in [1.82, 2.24) is 24.5 Å². The van der Waals surface area contributed by atoms with E-state index < -0.39 is 0 Å². The van der Waals surface area contributed by atoms with Gasteiger partial charge in [0.25, 0.3) is 0 Å². The van der Waals surface area contributed by atoms with Crippen molar-refractivity contribution in [2.24, 2.45) is 7.05 Å². The number of furan rings is 1. The van der Waals surface area contributed by atoms with E-state index >= 15 is 0 Å². The van der Waals surface area contributed by atoms with Crippen molar-refractivity contribution < 1.29 is 4.42 Å². The average molecular weight is 265 g/mol. The molecule has 4 aromatic rings. The largest absolute Gasteiger partial charge is 0.436 e. The van der Waals surface area contributed by atoms with Gasteiger partial charge >= 0.3 is 0 Å². The van der Waals surface area contributed by atoms with Crippen LogP contribution in [0.4, 0.5) is 0 Å². The quantitative estimate of drug-likeness (QED) is 0.558. The van der Waals surface area contributed by atoms with E-state index in [2.05, 4.69) is 15.2 Å². The second-order valence-electron chi connectivity index (χ2n) is 4.51. The van der Waals surface area contributed by atoms with Crippen molar-refractivity contribution in [3.05, 3.63) is 49.2 Å². The van der Waals surface area contributed by atoms with Gasteiger partial charge in [-0.05, 0) is 12.1 Å². The summed E-state index contributed by atoms with van der Waals surface area (Å²) in [5.41, 5.74) is 3.52. The third kappa shape index (κ3) is 1.62. The number of fused-ring (bicyclic) bond motifs is 1. The number of hydrogen-bond donors (Lipinski definition) is 0. The standard InChI is InChI=1S/C14H11N5O/c1-18-9-10(8-17-18)11-3-5-15-12-7-13(20-14(11)12)19-6-2-4-16-19/h2-9H,1H3. The fourth-order valence-corrected chi connectivity index (χ4v) is 2.23. The van der Waals surface area contributed by atoms with Gasteiger partial charge in [-0.2, -0.15) is 10.2 Å². The summed E-state index contributed by atoms with van der Waals surface area (Å²) in [6.07, 6.45) is 9.08. The minimum Gasteiger partial charge on any atom is -0.436 e. The lowest BCUT2D eigenvalue weighted by molar-refractivity contribution is 0.560. The molecular weight excluding hydrogens is 254 g/mol. The molecule has 0 N–H and O–H groups in total. The number of aromatic nitrogens is 5. The zero-order valence-electron chi connectivity index (χ0n) is 10.8. The highest BCUT2D eigenvalue weighted by Gasteiger charge is 2.13. The second-order valence-corrected chi connectivity index (χ2v) is 4.51. The van der Waals surface area contributed by atoms with E-state index in [0.29, 0.717) is 5.88 Å². The summed E-state index contributed by atoms with van der Waals surface area (Å²) >= 11 is 0. The number of pyridine rings is 1. The summed E-state index contributed by atoms with van der Waals surface area (Å²) in [6.45, 7) is 0. The van der Waals surface area contributed by atoms with E-state index in [0.717, 1.165) is 22.2 Å². The van der Waals surface area contributed by atoms with Crippen molar-refractivity contribution >= 4 is 11.1 Å². The third-order valence-corrected chi connectivity index (χ3v) is 3.14. The van der Waals surface area contributed by atoms with Crippen molar-refractivity contribution in [3.63, 3.8) is 0 Å². The van der Waals surface area contributed by atoms with Crippen LogP contribution in [0.5, 0.6) is 0 Å². The van der Waals surface area contributed by atoms with Crippen molar-refractivity contribution in [1.29, 1.82) is 0 Å². The number of aryl methyl sites for hydroxylation is 1. The first kappa shape index (κ1) is 11.0. The summed E-state index contributed by atoms with van der Waals surface area (Å²) in [5, 5.41) is 8.36. The molecule has 0 unspecified atom stereocenters. The van der Waals surface area contributed by atoms with Gasteiger partial charge in [0.2, 0.25) is 5.88 Å². The molecule has 20 heavy (non-hydrogen) atoms. The normalized spacial score (nSPS) is 11.2. The molecule has 0 aliphatic carbocycles. The molecule has 6 nitrogen and oxygen atoms in total. The molecule has 98 valence electrons. The van der Waals surface area contributed by atoms with Crippen LogP contribution in [-0.2, 0) is 7.05 Å². The van der Waals surface area contributed by atoms with Crippen molar-refractivity contribution in [2.45, 2.75) is 0 Å². The highest BCUT2D eigenvalue weighted by Crippen LogP contribution is 2.30. The molecular formula is C14H11N5O. The maximum Gasteiger partial charge on any atom is 0.222 e. The Balaban J connectivity index is 1.94. The first-order valence-corrected chi connectivity index (χ1v) is 6.19. The second kappa shape index (κ2) is 4.06. The van der Waals surface area contributed by atoms with Crippen molar-refractivity contribution in [3.8, 4) is 17.0 Å². The highest BCUT2D eigenvalue weighted by molar-refractivity contribution is 5.90. The smallest absolute Gasteiger partial charge is 0.222 e. The minimum absolute atomic E-state index is 0.647. The Bertz CT molecular complexity index is 872. The van der Waals surface area contributed by atoms with Crippen LogP contribution in [0.3, 0.4) is 0 Å². The number of nitrogens with zero attached hydrogens (tertiary/aromatic N) is 5. The maximum absolute atomic E-state index is 5.91. The summed E-state index contributed by atoms with van der Waals surface area (Å²) in [4.78, 5) is 4.34. The summed E-state index contributed by atoms with van der Waals surface area (Å²) in [7, 11) is 1.89. The molecule has 0 saturated carbocycles. The summed E-state index contributed by atoms with van der Waals surface area (Å²) in [5.74, 6) is 0.647. The molecule has 0 spiro atoms. The predicted molar refractivity (Wildman–Crippen MR) is 73.3 cm³/mol. The molecule has 0 aliphatic heterocycles. The first-order chi connectivity index (χ1) is 9.81. The van der Waals surface area contributed by atoms with E-state index in [1.165, 1.54) is 0 Å². The van der Waals surface area contributed by atoms with Gasteiger partial charge in [0.05, 0.1) is 6.20 Å². The third-order valence-electron chi connectivity index (χ3n) is 3.14. The van der Waals surface area contributed by atoms with E-state index in [-0.39, 0.29) is 0 Å². The molecule has 4 rings (SSSR count). The van der Waals surface area contributed by atoms with E-state index in [1.807, 2.05) is 43.8 Å². The van der Waals surface area contributed by atoms with Gasteiger partial charge in [0.1, 0.15) is 5.52 Å². The van der Waals surface area contributed by atoms with Gasteiger partial charge in [0, 0.05) is 49.0 Å². The van der Waals surface area contributed by atoms with Gasteiger partial charge in [0.15, 0.2) is 5.58 Å². The Labute approximate surface area is 114 Å². The topological polar surface area (TPSA) is 61.7 Å². The van der Waals surface area contributed by atoms with Gasteiger partial charge in [-0.25, -0.2) is 4.68 Å². The average Bonchev–Trinajstić information content (AvgIpc) is 3.17. The summed E-state index contributed by atoms with van der Waals surface area (Å²) in [6, 6.07) is 5.65. The lowest BCUT2D eigenvalue weighted by Crippen LogP contribution is -1.90. The molecule has 0 aliphatic rings. The molecule has 4 aromatic heterocycles. The molecule has 0 aromatic carbocycles. The van der Waals surface area contributed by atoms with Gasteiger partial charge < -0.3 is 4.42 Å². The lowest BCUT2D eigenvalue weighted by atomic mass is 10.1. The van der Waals surface area contributed by atoms with Crippen LogP contribution < -0.4 is 0 Å². The Morgan fingerprint density at radius 2 is 2.15 bits per heavy atom. The molecule has 6 heteroatoms. The van der Waals surface area contributed by atoms with Gasteiger partial charge in [-0.15, -0.1) is 0 Å². The van der Waals surface area contributed by atoms with E-state index in [1.54, 1.807) is 21.8 Å². The number of hydrogen-bond acceptors (Lipinski definition) is 4. The highest BCUT2D eigenvalue weighted by atomic mass is 16.4. The molecule has 0 bridgehead atoms. The minimum atomic E-state index is 0.647. The van der Waals surface area contributed by atoms with Crippen LogP contribution in [0.1, 0.15) is 0 Å². The lowest BCUT2D eigenvalue weighted by Gasteiger charge is -1.97. The zero-order chi connectivity index (χ0) is 13.5.